The lowest BCUT2D eigenvalue weighted by molar-refractivity contribution is -0.154. The Morgan fingerprint density at radius 3 is 2.64 bits per heavy atom. The van der Waals surface area contributed by atoms with Crippen molar-refractivity contribution in [1.29, 1.82) is 0 Å². The van der Waals surface area contributed by atoms with Crippen molar-refractivity contribution in [3.63, 3.8) is 0 Å². The van der Waals surface area contributed by atoms with E-state index in [4.69, 9.17) is 13.9 Å². The van der Waals surface area contributed by atoms with Gasteiger partial charge in [0.2, 0.25) is 0 Å². The van der Waals surface area contributed by atoms with E-state index in [1.54, 1.807) is 24.3 Å². The lowest BCUT2D eigenvalue weighted by Crippen LogP contribution is -2.27. The van der Waals surface area contributed by atoms with E-state index < -0.39 is 11.0 Å². The summed E-state index contributed by atoms with van der Waals surface area (Å²) >= 11 is 0. The predicted octanol–water partition coefficient (Wildman–Crippen LogP) is 3.15. The molecule has 0 aliphatic rings. The van der Waals surface area contributed by atoms with Crippen LogP contribution in [-0.4, -0.2) is 19.2 Å². The highest BCUT2D eigenvalue weighted by atomic mass is 16.6. The molecule has 0 aliphatic heterocycles. The van der Waals surface area contributed by atoms with Crippen LogP contribution in [0.25, 0.3) is 11.0 Å². The second kappa shape index (κ2) is 6.64. The average Bonchev–Trinajstić information content (AvgIpc) is 2.50. The van der Waals surface area contributed by atoms with Gasteiger partial charge in [-0.05, 0) is 38.5 Å². The molecule has 0 N–H and O–H groups in total. The molecule has 2 aromatic rings. The van der Waals surface area contributed by atoms with Crippen molar-refractivity contribution in [3.8, 4) is 5.75 Å². The predicted molar refractivity (Wildman–Crippen MR) is 83.0 cm³/mol. The van der Waals surface area contributed by atoms with Gasteiger partial charge in [0.15, 0.2) is 0 Å². The summed E-state index contributed by atoms with van der Waals surface area (Å²) in [7, 11) is 0. The monoisotopic (exact) mass is 304 g/mol. The first-order valence-electron chi connectivity index (χ1n) is 7.26. The Morgan fingerprint density at radius 1 is 1.18 bits per heavy atom. The standard InChI is InChI=1S/C17H20O5/c1-4-17(2,3)16(19)21-10-9-20-13-7-5-12-6-8-15(18)22-14(12)11-13/h5-8,11H,4,9-10H2,1-3H3. The molecule has 0 atom stereocenters. The molecule has 0 saturated carbocycles. The highest BCUT2D eigenvalue weighted by molar-refractivity contribution is 5.77. The van der Waals surface area contributed by atoms with E-state index in [0.29, 0.717) is 11.3 Å². The van der Waals surface area contributed by atoms with E-state index in [1.807, 2.05) is 20.8 Å². The number of rotatable bonds is 6. The zero-order valence-corrected chi connectivity index (χ0v) is 13.0. The van der Waals surface area contributed by atoms with E-state index in [2.05, 4.69) is 0 Å². The smallest absolute Gasteiger partial charge is 0.336 e. The second-order valence-corrected chi connectivity index (χ2v) is 5.68. The Hall–Kier alpha value is -2.30. The summed E-state index contributed by atoms with van der Waals surface area (Å²) in [6, 6.07) is 8.30. The van der Waals surface area contributed by atoms with Crippen LogP contribution in [0.3, 0.4) is 0 Å². The van der Waals surface area contributed by atoms with Gasteiger partial charge in [-0.1, -0.05) is 6.92 Å². The molecule has 1 aromatic heterocycles. The van der Waals surface area contributed by atoms with Crippen molar-refractivity contribution < 1.29 is 18.7 Å². The fraction of sp³-hybridized carbons (Fsp3) is 0.412. The first-order chi connectivity index (χ1) is 10.4. The number of hydrogen-bond donors (Lipinski definition) is 0. The normalized spacial score (nSPS) is 11.4. The van der Waals surface area contributed by atoms with Crippen molar-refractivity contribution in [3.05, 3.63) is 40.8 Å². The van der Waals surface area contributed by atoms with Crippen LogP contribution in [0.1, 0.15) is 27.2 Å². The molecule has 0 amide bonds. The topological polar surface area (TPSA) is 65.7 Å². The summed E-state index contributed by atoms with van der Waals surface area (Å²) in [6.45, 7) is 6.07. The van der Waals surface area contributed by atoms with Gasteiger partial charge in [-0.25, -0.2) is 4.79 Å². The molecule has 22 heavy (non-hydrogen) atoms. The molecule has 0 spiro atoms. The van der Waals surface area contributed by atoms with Crippen LogP contribution in [-0.2, 0) is 9.53 Å². The average molecular weight is 304 g/mol. The fourth-order valence-electron chi connectivity index (χ4n) is 1.76. The second-order valence-electron chi connectivity index (χ2n) is 5.68. The number of ether oxygens (including phenoxy) is 2. The molecule has 2 rings (SSSR count). The van der Waals surface area contributed by atoms with E-state index in [9.17, 15) is 9.59 Å². The van der Waals surface area contributed by atoms with Crippen LogP contribution in [0.5, 0.6) is 5.75 Å². The van der Waals surface area contributed by atoms with Gasteiger partial charge >= 0.3 is 11.6 Å². The molecule has 1 heterocycles. The zero-order chi connectivity index (χ0) is 16.2. The van der Waals surface area contributed by atoms with Crippen molar-refractivity contribution in [2.75, 3.05) is 13.2 Å². The van der Waals surface area contributed by atoms with Crippen LogP contribution in [0, 0.1) is 5.41 Å². The Kier molecular flexibility index (Phi) is 4.85. The van der Waals surface area contributed by atoms with Gasteiger partial charge in [-0.2, -0.15) is 0 Å². The molecule has 0 aliphatic carbocycles. The summed E-state index contributed by atoms with van der Waals surface area (Å²) in [4.78, 5) is 23.0. The number of carbonyl (C=O) groups is 1. The third-order valence-corrected chi connectivity index (χ3v) is 3.62. The fourth-order valence-corrected chi connectivity index (χ4v) is 1.76. The van der Waals surface area contributed by atoms with Crippen molar-refractivity contribution in [2.24, 2.45) is 5.41 Å². The van der Waals surface area contributed by atoms with E-state index >= 15 is 0 Å². The highest BCUT2D eigenvalue weighted by Crippen LogP contribution is 2.22. The maximum Gasteiger partial charge on any atom is 0.336 e. The van der Waals surface area contributed by atoms with Crippen molar-refractivity contribution >= 4 is 16.9 Å². The molecular weight excluding hydrogens is 284 g/mol. The number of benzene rings is 1. The van der Waals surface area contributed by atoms with E-state index in [0.717, 1.165) is 11.8 Å². The minimum Gasteiger partial charge on any atom is -0.490 e. The molecule has 0 fully saturated rings. The van der Waals surface area contributed by atoms with E-state index in [-0.39, 0.29) is 19.2 Å². The molecular formula is C17H20O5. The number of carbonyl (C=O) groups excluding carboxylic acids is 1. The summed E-state index contributed by atoms with van der Waals surface area (Å²) in [5, 5.41) is 0.822. The SMILES string of the molecule is CCC(C)(C)C(=O)OCCOc1ccc2ccc(=O)oc2c1. The minimum absolute atomic E-state index is 0.180. The first kappa shape index (κ1) is 16.1. The lowest BCUT2D eigenvalue weighted by atomic mass is 9.91. The van der Waals surface area contributed by atoms with Gasteiger partial charge in [-0.15, -0.1) is 0 Å². The molecule has 5 nitrogen and oxygen atoms in total. The van der Waals surface area contributed by atoms with Crippen molar-refractivity contribution in [2.45, 2.75) is 27.2 Å². The molecule has 0 unspecified atom stereocenters. The summed E-state index contributed by atoms with van der Waals surface area (Å²) in [6.07, 6.45) is 0.719. The van der Waals surface area contributed by atoms with Crippen LogP contribution in [0.15, 0.2) is 39.5 Å². The van der Waals surface area contributed by atoms with Gasteiger partial charge in [0.05, 0.1) is 5.41 Å². The third-order valence-electron chi connectivity index (χ3n) is 3.62. The first-order valence-corrected chi connectivity index (χ1v) is 7.26. The number of hydrogen-bond acceptors (Lipinski definition) is 5. The molecule has 1 aromatic carbocycles. The lowest BCUT2D eigenvalue weighted by Gasteiger charge is -2.20. The van der Waals surface area contributed by atoms with Crippen LogP contribution in [0.2, 0.25) is 0 Å². The summed E-state index contributed by atoms with van der Waals surface area (Å²) < 4.78 is 15.8. The molecule has 5 heteroatoms. The van der Waals surface area contributed by atoms with Gasteiger partial charge in [0.25, 0.3) is 0 Å². The minimum atomic E-state index is -0.480. The van der Waals surface area contributed by atoms with E-state index in [1.165, 1.54) is 6.07 Å². The summed E-state index contributed by atoms with van der Waals surface area (Å²) in [5.41, 5.74) is -0.415. The van der Waals surface area contributed by atoms with Crippen LogP contribution < -0.4 is 10.4 Å². The third kappa shape index (κ3) is 3.87. The number of esters is 1. The van der Waals surface area contributed by atoms with Gasteiger partial charge in [-0.3, -0.25) is 4.79 Å². The number of fused-ring (bicyclic) bond motifs is 1. The molecule has 118 valence electrons. The Morgan fingerprint density at radius 2 is 1.91 bits per heavy atom. The maximum atomic E-state index is 11.8. The van der Waals surface area contributed by atoms with Crippen LogP contribution in [0.4, 0.5) is 0 Å². The maximum absolute atomic E-state index is 11.8. The summed E-state index contributed by atoms with van der Waals surface area (Å²) in [5.74, 6) is 0.329. The van der Waals surface area contributed by atoms with Crippen molar-refractivity contribution in [1.82, 2.24) is 0 Å². The quantitative estimate of drug-likeness (QED) is 0.466. The van der Waals surface area contributed by atoms with Gasteiger partial charge in [0.1, 0.15) is 24.5 Å². The Labute approximate surface area is 128 Å². The highest BCUT2D eigenvalue weighted by Gasteiger charge is 2.26. The van der Waals surface area contributed by atoms with Gasteiger partial charge in [0, 0.05) is 17.5 Å². The molecule has 0 saturated heterocycles. The Bertz CT molecular complexity index is 714. The molecule has 0 radical (unpaired) electrons. The largest absolute Gasteiger partial charge is 0.490 e. The zero-order valence-electron chi connectivity index (χ0n) is 13.0. The van der Waals surface area contributed by atoms with Crippen LogP contribution >= 0.6 is 0 Å². The molecule has 0 bridgehead atoms. The van der Waals surface area contributed by atoms with Gasteiger partial charge < -0.3 is 13.9 Å². The Balaban J connectivity index is 1.90.